The Morgan fingerprint density at radius 2 is 2.00 bits per heavy atom. The zero-order chi connectivity index (χ0) is 14.8. The second kappa shape index (κ2) is 9.61. The zero-order valence-electron chi connectivity index (χ0n) is 12.8. The average Bonchev–Trinajstić information content (AvgIpc) is 2.41. The van der Waals surface area contributed by atoms with Gasteiger partial charge in [0.05, 0.1) is 19.3 Å². The summed E-state index contributed by atoms with van der Waals surface area (Å²) >= 11 is 0. The highest BCUT2D eigenvalue weighted by Crippen LogP contribution is 2.28. The van der Waals surface area contributed by atoms with Crippen LogP contribution in [0.3, 0.4) is 0 Å². The Hall–Kier alpha value is -1.26. The predicted molar refractivity (Wildman–Crippen MR) is 81.4 cm³/mol. The Bertz CT molecular complexity index is 380. The van der Waals surface area contributed by atoms with Crippen LogP contribution in [0.4, 0.5) is 0 Å². The number of unbranched alkanes of at least 4 members (excludes halogenated alkanes) is 1. The minimum absolute atomic E-state index is 0.335. The molecule has 1 atom stereocenters. The zero-order valence-corrected chi connectivity index (χ0v) is 12.8. The molecule has 0 aliphatic rings. The van der Waals surface area contributed by atoms with E-state index in [0.29, 0.717) is 19.7 Å². The van der Waals surface area contributed by atoms with Crippen molar-refractivity contribution in [3.63, 3.8) is 0 Å². The minimum atomic E-state index is -0.335. The number of ether oxygens (including phenoxy) is 2. The Kier molecular flexibility index (Phi) is 8.07. The van der Waals surface area contributed by atoms with Crippen molar-refractivity contribution in [3.05, 3.63) is 23.8 Å². The molecule has 0 saturated heterocycles. The van der Waals surface area contributed by atoms with Gasteiger partial charge in [0.15, 0.2) is 11.5 Å². The van der Waals surface area contributed by atoms with E-state index in [9.17, 15) is 5.11 Å². The van der Waals surface area contributed by atoms with Crippen LogP contribution in [0.15, 0.2) is 18.2 Å². The van der Waals surface area contributed by atoms with Crippen LogP contribution in [-0.4, -0.2) is 31.0 Å². The molecule has 4 nitrogen and oxygen atoms in total. The Labute approximate surface area is 122 Å². The summed E-state index contributed by atoms with van der Waals surface area (Å²) in [5, 5.41) is 12.4. The summed E-state index contributed by atoms with van der Waals surface area (Å²) in [6, 6.07) is 5.98. The lowest BCUT2D eigenvalue weighted by molar-refractivity contribution is 0.191. The van der Waals surface area contributed by atoms with Gasteiger partial charge in [0.1, 0.15) is 0 Å². The fourth-order valence-electron chi connectivity index (χ4n) is 1.80. The first kappa shape index (κ1) is 16.8. The third-order valence-corrected chi connectivity index (χ3v) is 2.83. The van der Waals surface area contributed by atoms with E-state index in [4.69, 9.17) is 9.47 Å². The monoisotopic (exact) mass is 281 g/mol. The largest absolute Gasteiger partial charge is 0.490 e. The van der Waals surface area contributed by atoms with Crippen molar-refractivity contribution in [1.82, 2.24) is 5.32 Å². The minimum Gasteiger partial charge on any atom is -0.490 e. The van der Waals surface area contributed by atoms with Crippen LogP contribution in [0, 0.1) is 0 Å². The van der Waals surface area contributed by atoms with Crippen molar-refractivity contribution in [1.29, 1.82) is 0 Å². The van der Waals surface area contributed by atoms with Gasteiger partial charge in [-0.15, -0.1) is 0 Å². The predicted octanol–water partition coefficient (Wildman–Crippen LogP) is 2.73. The summed E-state index contributed by atoms with van der Waals surface area (Å²) < 4.78 is 11.4. The summed E-state index contributed by atoms with van der Waals surface area (Å²) in [6.45, 7) is 8.51. The van der Waals surface area contributed by atoms with E-state index in [1.807, 2.05) is 25.1 Å². The van der Waals surface area contributed by atoms with Crippen molar-refractivity contribution in [3.8, 4) is 11.5 Å². The Morgan fingerprint density at radius 1 is 1.20 bits per heavy atom. The van der Waals surface area contributed by atoms with Gasteiger partial charge in [0.25, 0.3) is 0 Å². The molecule has 0 aliphatic heterocycles. The van der Waals surface area contributed by atoms with Crippen molar-refractivity contribution >= 4 is 0 Å². The number of hydrogen-bond acceptors (Lipinski definition) is 4. The number of aliphatic hydroxyl groups excluding tert-OH is 1. The maximum Gasteiger partial charge on any atom is 0.161 e. The van der Waals surface area contributed by atoms with Crippen LogP contribution < -0.4 is 14.8 Å². The summed E-state index contributed by atoms with van der Waals surface area (Å²) in [4.78, 5) is 0. The van der Waals surface area contributed by atoms with Gasteiger partial charge in [-0.3, -0.25) is 0 Å². The van der Waals surface area contributed by atoms with E-state index < -0.39 is 0 Å². The van der Waals surface area contributed by atoms with E-state index in [1.54, 1.807) is 6.92 Å². The molecule has 4 heteroatoms. The normalized spacial score (nSPS) is 12.2. The number of aliphatic hydroxyl groups is 1. The number of benzene rings is 1. The number of nitrogens with one attached hydrogen (secondary N) is 1. The molecule has 1 unspecified atom stereocenters. The molecule has 1 aromatic rings. The van der Waals surface area contributed by atoms with E-state index in [1.165, 1.54) is 0 Å². The highest BCUT2D eigenvalue weighted by molar-refractivity contribution is 5.43. The van der Waals surface area contributed by atoms with Crippen LogP contribution >= 0.6 is 0 Å². The lowest BCUT2D eigenvalue weighted by Crippen LogP contribution is -2.23. The average molecular weight is 281 g/mol. The maximum absolute atomic E-state index is 9.23. The molecule has 0 fully saturated rings. The molecule has 114 valence electrons. The molecule has 0 amide bonds. The molecular formula is C16H27NO3. The first-order valence-electron chi connectivity index (χ1n) is 7.44. The number of hydrogen-bond donors (Lipinski definition) is 2. The molecule has 2 N–H and O–H groups in total. The summed E-state index contributed by atoms with van der Waals surface area (Å²) in [5.41, 5.74) is 1.12. The van der Waals surface area contributed by atoms with Crippen LogP contribution in [-0.2, 0) is 6.54 Å². The van der Waals surface area contributed by atoms with Crippen LogP contribution in [0.1, 0.15) is 39.2 Å². The second-order valence-electron chi connectivity index (χ2n) is 4.90. The van der Waals surface area contributed by atoms with Gasteiger partial charge in [0, 0.05) is 13.1 Å². The quantitative estimate of drug-likeness (QED) is 0.648. The van der Waals surface area contributed by atoms with Crippen molar-refractivity contribution in [2.45, 2.75) is 46.3 Å². The van der Waals surface area contributed by atoms with E-state index >= 15 is 0 Å². The van der Waals surface area contributed by atoms with Gasteiger partial charge >= 0.3 is 0 Å². The van der Waals surface area contributed by atoms with Crippen molar-refractivity contribution in [2.24, 2.45) is 0 Å². The summed E-state index contributed by atoms with van der Waals surface area (Å²) in [7, 11) is 0. The fourth-order valence-corrected chi connectivity index (χ4v) is 1.80. The molecule has 0 saturated carbocycles. The first-order chi connectivity index (χ1) is 9.67. The van der Waals surface area contributed by atoms with Gasteiger partial charge in [-0.05, 0) is 38.0 Å². The highest BCUT2D eigenvalue weighted by atomic mass is 16.5. The van der Waals surface area contributed by atoms with Gasteiger partial charge in [-0.1, -0.05) is 19.4 Å². The van der Waals surface area contributed by atoms with Crippen molar-refractivity contribution in [2.75, 3.05) is 19.8 Å². The third-order valence-electron chi connectivity index (χ3n) is 2.83. The molecule has 0 aliphatic carbocycles. The third kappa shape index (κ3) is 6.26. The molecule has 0 bridgehead atoms. The molecule has 0 radical (unpaired) electrons. The second-order valence-corrected chi connectivity index (χ2v) is 4.90. The topological polar surface area (TPSA) is 50.7 Å². The van der Waals surface area contributed by atoms with Crippen molar-refractivity contribution < 1.29 is 14.6 Å². The standard InChI is InChI=1S/C16H27NO3/c1-4-6-9-20-15-8-7-14(10-16(15)19-5-2)12-17-11-13(3)18/h7-8,10,13,17-18H,4-6,9,11-12H2,1-3H3. The Morgan fingerprint density at radius 3 is 2.65 bits per heavy atom. The first-order valence-corrected chi connectivity index (χ1v) is 7.44. The molecule has 1 aromatic carbocycles. The van der Waals surface area contributed by atoms with E-state index in [2.05, 4.69) is 12.2 Å². The van der Waals surface area contributed by atoms with Gasteiger partial charge < -0.3 is 19.9 Å². The molecule has 20 heavy (non-hydrogen) atoms. The van der Waals surface area contributed by atoms with Crippen LogP contribution in [0.5, 0.6) is 11.5 Å². The number of rotatable bonds is 10. The lowest BCUT2D eigenvalue weighted by atomic mass is 10.2. The SMILES string of the molecule is CCCCOc1ccc(CNCC(C)O)cc1OCC. The summed E-state index contributed by atoms with van der Waals surface area (Å²) in [6.07, 6.45) is 1.83. The lowest BCUT2D eigenvalue weighted by Gasteiger charge is -2.14. The maximum atomic E-state index is 9.23. The summed E-state index contributed by atoms with van der Waals surface area (Å²) in [5.74, 6) is 1.60. The molecule has 0 spiro atoms. The van der Waals surface area contributed by atoms with Gasteiger partial charge in [-0.2, -0.15) is 0 Å². The van der Waals surface area contributed by atoms with Crippen LogP contribution in [0.2, 0.25) is 0 Å². The fraction of sp³-hybridized carbons (Fsp3) is 0.625. The smallest absolute Gasteiger partial charge is 0.161 e. The van der Waals surface area contributed by atoms with E-state index in [0.717, 1.165) is 36.5 Å². The van der Waals surface area contributed by atoms with Crippen LogP contribution in [0.25, 0.3) is 0 Å². The molecule has 1 rings (SSSR count). The molecule has 0 aromatic heterocycles. The van der Waals surface area contributed by atoms with Gasteiger partial charge in [-0.25, -0.2) is 0 Å². The van der Waals surface area contributed by atoms with E-state index in [-0.39, 0.29) is 6.10 Å². The Balaban J connectivity index is 2.62. The van der Waals surface area contributed by atoms with Gasteiger partial charge in [0.2, 0.25) is 0 Å². The molecular weight excluding hydrogens is 254 g/mol. The molecule has 0 heterocycles. The highest BCUT2D eigenvalue weighted by Gasteiger charge is 2.06.